The van der Waals surface area contributed by atoms with Crippen molar-refractivity contribution in [1.82, 2.24) is 0 Å². The molecule has 0 bridgehead atoms. The molecule has 0 amide bonds. The van der Waals surface area contributed by atoms with E-state index in [2.05, 4.69) is 6.07 Å². The number of aryl methyl sites for hydroxylation is 1. The summed E-state index contributed by atoms with van der Waals surface area (Å²) in [5, 5.41) is 0. The maximum Gasteiger partial charge on any atom is 0.335 e. The summed E-state index contributed by atoms with van der Waals surface area (Å²) in [4.78, 5) is 12.7. The lowest BCUT2D eigenvalue weighted by atomic mass is 9.75. The fraction of sp³-hybridized carbons (Fsp3) is 0.348. The molecule has 0 fully saturated rings. The summed E-state index contributed by atoms with van der Waals surface area (Å²) < 4.78 is 27.5. The van der Waals surface area contributed by atoms with Crippen LogP contribution in [0.4, 0.5) is 0 Å². The summed E-state index contributed by atoms with van der Waals surface area (Å²) in [6, 6.07) is 7.94. The molecule has 0 aromatic heterocycles. The second-order valence-corrected chi connectivity index (χ2v) is 7.18. The number of cyclic esters (lactones) is 1. The van der Waals surface area contributed by atoms with Gasteiger partial charge in [-0.25, -0.2) is 4.79 Å². The number of ether oxygens (including phenoxy) is 5. The van der Waals surface area contributed by atoms with Gasteiger partial charge in [0.1, 0.15) is 12.4 Å². The lowest BCUT2D eigenvalue weighted by Crippen LogP contribution is -2.18. The standard InChI is InChI=1S/C23H24O6/c1-12-6-13-7-15-11-29-23(24)21(15)20(16(13)10-17(12)25-2)14-8-18(26-3)22(28-5)19(9-14)27-4/h6,8-10,20H,7,11H2,1-5H3. The van der Waals surface area contributed by atoms with E-state index in [1.807, 2.05) is 25.1 Å². The zero-order valence-electron chi connectivity index (χ0n) is 17.3. The van der Waals surface area contributed by atoms with Crippen LogP contribution in [0.25, 0.3) is 0 Å². The third-order valence-corrected chi connectivity index (χ3v) is 5.66. The van der Waals surface area contributed by atoms with Crippen molar-refractivity contribution in [2.75, 3.05) is 35.0 Å². The van der Waals surface area contributed by atoms with Crippen molar-refractivity contribution in [3.8, 4) is 23.0 Å². The van der Waals surface area contributed by atoms with Gasteiger partial charge in [-0.05, 0) is 59.4 Å². The first-order valence-corrected chi connectivity index (χ1v) is 9.38. The lowest BCUT2D eigenvalue weighted by molar-refractivity contribution is -0.136. The summed E-state index contributed by atoms with van der Waals surface area (Å²) >= 11 is 0. The van der Waals surface area contributed by atoms with Crippen molar-refractivity contribution in [3.63, 3.8) is 0 Å². The van der Waals surface area contributed by atoms with Gasteiger partial charge in [-0.1, -0.05) is 6.07 Å². The second-order valence-electron chi connectivity index (χ2n) is 7.18. The highest BCUT2D eigenvalue weighted by molar-refractivity contribution is 5.95. The van der Waals surface area contributed by atoms with Gasteiger partial charge in [0.25, 0.3) is 0 Å². The lowest BCUT2D eigenvalue weighted by Gasteiger charge is -2.28. The molecule has 0 spiro atoms. The summed E-state index contributed by atoms with van der Waals surface area (Å²) in [5.74, 6) is 1.81. The molecule has 0 saturated carbocycles. The Hall–Kier alpha value is -3.15. The monoisotopic (exact) mass is 396 g/mol. The van der Waals surface area contributed by atoms with Crippen molar-refractivity contribution in [2.45, 2.75) is 19.3 Å². The molecule has 1 aliphatic heterocycles. The molecule has 6 heteroatoms. The molecule has 0 saturated heterocycles. The first kappa shape index (κ1) is 19.2. The normalized spacial score (nSPS) is 17.4. The van der Waals surface area contributed by atoms with Crippen LogP contribution in [0.5, 0.6) is 23.0 Å². The van der Waals surface area contributed by atoms with Crippen molar-refractivity contribution >= 4 is 5.97 Å². The number of hydrogen-bond acceptors (Lipinski definition) is 6. The third kappa shape index (κ3) is 2.99. The van der Waals surface area contributed by atoms with Crippen molar-refractivity contribution in [1.29, 1.82) is 0 Å². The Balaban J connectivity index is 1.98. The van der Waals surface area contributed by atoms with Crippen LogP contribution in [0.2, 0.25) is 0 Å². The highest BCUT2D eigenvalue weighted by Crippen LogP contribution is 2.48. The van der Waals surface area contributed by atoms with Crippen LogP contribution in [-0.4, -0.2) is 41.0 Å². The molecular weight excluding hydrogens is 372 g/mol. The van der Waals surface area contributed by atoms with Crippen molar-refractivity contribution < 1.29 is 28.5 Å². The van der Waals surface area contributed by atoms with Crippen LogP contribution >= 0.6 is 0 Å². The molecule has 1 heterocycles. The zero-order chi connectivity index (χ0) is 20.7. The smallest absolute Gasteiger partial charge is 0.335 e. The third-order valence-electron chi connectivity index (χ3n) is 5.66. The predicted octanol–water partition coefficient (Wildman–Crippen LogP) is 3.57. The number of methoxy groups -OCH3 is 4. The van der Waals surface area contributed by atoms with Crippen LogP contribution < -0.4 is 18.9 Å². The largest absolute Gasteiger partial charge is 0.496 e. The van der Waals surface area contributed by atoms with Gasteiger partial charge in [0.15, 0.2) is 11.5 Å². The van der Waals surface area contributed by atoms with Gasteiger partial charge in [0, 0.05) is 5.92 Å². The van der Waals surface area contributed by atoms with Gasteiger partial charge in [0.2, 0.25) is 5.75 Å². The Labute approximate surface area is 170 Å². The van der Waals surface area contributed by atoms with Crippen LogP contribution in [0.1, 0.15) is 28.2 Å². The van der Waals surface area contributed by atoms with Crippen LogP contribution in [0.3, 0.4) is 0 Å². The molecule has 1 aliphatic carbocycles. The van der Waals surface area contributed by atoms with E-state index in [4.69, 9.17) is 23.7 Å². The Bertz CT molecular complexity index is 995. The molecule has 6 nitrogen and oxygen atoms in total. The van der Waals surface area contributed by atoms with E-state index in [9.17, 15) is 4.79 Å². The fourth-order valence-corrected chi connectivity index (χ4v) is 4.33. The molecule has 0 radical (unpaired) electrons. The summed E-state index contributed by atoms with van der Waals surface area (Å²) in [7, 11) is 6.38. The number of benzene rings is 2. The fourth-order valence-electron chi connectivity index (χ4n) is 4.33. The van der Waals surface area contributed by atoms with E-state index in [-0.39, 0.29) is 11.9 Å². The summed E-state index contributed by atoms with van der Waals surface area (Å²) in [5.41, 5.74) is 5.84. The first-order valence-electron chi connectivity index (χ1n) is 9.38. The maximum absolute atomic E-state index is 12.7. The average molecular weight is 396 g/mol. The van der Waals surface area contributed by atoms with E-state index >= 15 is 0 Å². The Morgan fingerprint density at radius 1 is 0.897 bits per heavy atom. The highest BCUT2D eigenvalue weighted by atomic mass is 16.5. The number of hydrogen-bond donors (Lipinski definition) is 0. The quantitative estimate of drug-likeness (QED) is 0.720. The molecule has 2 aliphatic rings. The van der Waals surface area contributed by atoms with Crippen LogP contribution in [0.15, 0.2) is 35.4 Å². The van der Waals surface area contributed by atoms with Gasteiger partial charge < -0.3 is 23.7 Å². The Morgan fingerprint density at radius 3 is 2.14 bits per heavy atom. The van der Waals surface area contributed by atoms with E-state index < -0.39 is 0 Å². The van der Waals surface area contributed by atoms with Gasteiger partial charge in [-0.3, -0.25) is 0 Å². The molecule has 152 valence electrons. The minimum absolute atomic E-state index is 0.274. The van der Waals surface area contributed by atoms with E-state index in [1.54, 1.807) is 28.4 Å². The second kappa shape index (κ2) is 7.35. The van der Waals surface area contributed by atoms with E-state index in [0.717, 1.165) is 28.0 Å². The molecule has 1 unspecified atom stereocenters. The SMILES string of the molecule is COc1cc2c(cc1C)CC1=C(C(=O)OC1)C2c1cc(OC)c(OC)c(OC)c1. The number of carbonyl (C=O) groups excluding carboxylic acids is 1. The number of esters is 1. The molecular formula is C23H24O6. The molecule has 2 aromatic rings. The van der Waals surface area contributed by atoms with Crippen LogP contribution in [0, 0.1) is 6.92 Å². The first-order chi connectivity index (χ1) is 14.0. The van der Waals surface area contributed by atoms with Gasteiger partial charge >= 0.3 is 5.97 Å². The Morgan fingerprint density at radius 2 is 1.55 bits per heavy atom. The minimum Gasteiger partial charge on any atom is -0.496 e. The van der Waals surface area contributed by atoms with E-state index in [0.29, 0.717) is 35.8 Å². The van der Waals surface area contributed by atoms with Gasteiger partial charge in [-0.2, -0.15) is 0 Å². The molecule has 4 rings (SSSR count). The molecule has 2 aromatic carbocycles. The molecule has 29 heavy (non-hydrogen) atoms. The highest BCUT2D eigenvalue weighted by Gasteiger charge is 2.39. The average Bonchev–Trinajstić information content (AvgIpc) is 3.10. The molecule has 1 atom stereocenters. The van der Waals surface area contributed by atoms with Crippen LogP contribution in [-0.2, 0) is 16.0 Å². The van der Waals surface area contributed by atoms with Crippen molar-refractivity contribution in [3.05, 3.63) is 57.7 Å². The number of carbonyl (C=O) groups is 1. The summed E-state index contributed by atoms with van der Waals surface area (Å²) in [6.07, 6.45) is 0.697. The van der Waals surface area contributed by atoms with Crippen molar-refractivity contribution in [2.24, 2.45) is 0 Å². The van der Waals surface area contributed by atoms with E-state index in [1.165, 1.54) is 5.56 Å². The van der Waals surface area contributed by atoms with Gasteiger partial charge in [-0.15, -0.1) is 0 Å². The Kier molecular flexibility index (Phi) is 4.86. The number of fused-ring (bicyclic) bond motifs is 1. The summed E-state index contributed by atoms with van der Waals surface area (Å²) in [6.45, 7) is 2.35. The molecule has 0 N–H and O–H groups in total. The zero-order valence-corrected chi connectivity index (χ0v) is 17.3. The maximum atomic E-state index is 12.7. The topological polar surface area (TPSA) is 63.2 Å². The minimum atomic E-state index is -0.299. The number of rotatable bonds is 5. The predicted molar refractivity (Wildman–Crippen MR) is 107 cm³/mol. The van der Waals surface area contributed by atoms with Gasteiger partial charge in [0.05, 0.1) is 34.0 Å².